The highest BCUT2D eigenvalue weighted by atomic mass is 35.5. The van der Waals surface area contributed by atoms with Gasteiger partial charge in [-0.25, -0.2) is 17.8 Å². The molecule has 2 rings (SSSR count). The van der Waals surface area contributed by atoms with Crippen molar-refractivity contribution in [1.29, 1.82) is 0 Å². The Hall–Kier alpha value is -1.51. The van der Waals surface area contributed by atoms with Crippen molar-refractivity contribution in [3.8, 4) is 0 Å². The van der Waals surface area contributed by atoms with Gasteiger partial charge in [-0.05, 0) is 24.6 Å². The van der Waals surface area contributed by atoms with Crippen LogP contribution < -0.4 is 5.32 Å². The molecule has 0 saturated heterocycles. The first-order valence-electron chi connectivity index (χ1n) is 5.61. The van der Waals surface area contributed by atoms with Gasteiger partial charge in [0.05, 0.1) is 5.56 Å². The van der Waals surface area contributed by atoms with Crippen LogP contribution in [0.2, 0.25) is 5.02 Å². The molecule has 0 aliphatic carbocycles. The average molecular weight is 349 g/mol. The minimum atomic E-state index is -3.45. The van der Waals surface area contributed by atoms with Crippen LogP contribution in [0.3, 0.4) is 0 Å². The molecule has 5 nitrogen and oxygen atoms in total. The van der Waals surface area contributed by atoms with Crippen molar-refractivity contribution in [3.05, 3.63) is 39.5 Å². The molecular formula is C12H10ClFN2O3S2. The van der Waals surface area contributed by atoms with Crippen LogP contribution in [0.5, 0.6) is 0 Å². The number of hydrogen-bond donors (Lipinski definition) is 1. The zero-order chi connectivity index (χ0) is 15.8. The van der Waals surface area contributed by atoms with Gasteiger partial charge in [-0.3, -0.25) is 10.1 Å². The van der Waals surface area contributed by atoms with E-state index < -0.39 is 21.6 Å². The molecule has 0 fully saturated rings. The maximum absolute atomic E-state index is 13.9. The Balaban J connectivity index is 2.29. The molecule has 0 unspecified atom stereocenters. The van der Waals surface area contributed by atoms with E-state index >= 15 is 0 Å². The van der Waals surface area contributed by atoms with Gasteiger partial charge in [0, 0.05) is 16.7 Å². The molecule has 0 spiro atoms. The zero-order valence-corrected chi connectivity index (χ0v) is 13.4. The van der Waals surface area contributed by atoms with E-state index in [4.69, 9.17) is 11.6 Å². The zero-order valence-electron chi connectivity index (χ0n) is 11.0. The van der Waals surface area contributed by atoms with Crippen LogP contribution in [0, 0.1) is 12.7 Å². The second-order valence-corrected chi connectivity index (χ2v) is 7.56. The van der Waals surface area contributed by atoms with Crippen molar-refractivity contribution >= 4 is 43.8 Å². The van der Waals surface area contributed by atoms with Gasteiger partial charge in [-0.15, -0.1) is 11.3 Å². The average Bonchev–Trinajstić information content (AvgIpc) is 2.82. The number of nitrogens with zero attached hydrogens (tertiary/aromatic N) is 1. The Bertz CT molecular complexity index is 818. The summed E-state index contributed by atoms with van der Waals surface area (Å²) in [6.45, 7) is 1.49. The van der Waals surface area contributed by atoms with Crippen LogP contribution >= 0.6 is 22.9 Å². The molecule has 1 N–H and O–H groups in total. The van der Waals surface area contributed by atoms with Gasteiger partial charge < -0.3 is 0 Å². The Morgan fingerprint density at radius 3 is 2.67 bits per heavy atom. The molecule has 0 saturated carbocycles. The summed E-state index contributed by atoms with van der Waals surface area (Å²) < 4.78 is 36.5. The molecule has 21 heavy (non-hydrogen) atoms. The molecule has 1 amide bonds. The van der Waals surface area contributed by atoms with E-state index in [0.717, 1.165) is 17.6 Å². The fraction of sp³-hybridized carbons (Fsp3) is 0.167. The van der Waals surface area contributed by atoms with Crippen molar-refractivity contribution in [2.45, 2.75) is 11.9 Å². The fourth-order valence-electron chi connectivity index (χ4n) is 1.54. The molecule has 0 radical (unpaired) electrons. The Labute approximate surface area is 129 Å². The van der Waals surface area contributed by atoms with Crippen LogP contribution in [0.4, 0.5) is 9.52 Å². The molecule has 2 aromatic rings. The number of rotatable bonds is 3. The summed E-state index contributed by atoms with van der Waals surface area (Å²) in [4.78, 5) is 15.8. The smallest absolute Gasteiger partial charge is 0.260 e. The highest BCUT2D eigenvalue weighted by molar-refractivity contribution is 7.90. The summed E-state index contributed by atoms with van der Waals surface area (Å²) in [6.07, 6.45) is 1.01. The standard InChI is InChI=1S/C12H10ClFN2O3S2/c1-6-3-7(13)4-8(10(6)14)11(17)16-12-15-9(5-20-12)21(2,18)19/h3-5H,1-2H3,(H,15,16,17). The number of amides is 1. The van der Waals surface area contributed by atoms with Crippen LogP contribution in [0.25, 0.3) is 0 Å². The number of carbonyl (C=O) groups is 1. The quantitative estimate of drug-likeness (QED) is 0.925. The molecule has 9 heteroatoms. The third-order valence-corrected chi connectivity index (χ3v) is 4.64. The molecule has 0 bridgehead atoms. The van der Waals surface area contributed by atoms with E-state index in [1.807, 2.05) is 0 Å². The van der Waals surface area contributed by atoms with E-state index in [-0.39, 0.29) is 26.3 Å². The van der Waals surface area contributed by atoms with Crippen molar-refractivity contribution in [2.24, 2.45) is 0 Å². The maximum atomic E-state index is 13.9. The number of halogens is 2. The van der Waals surface area contributed by atoms with Crippen LogP contribution in [-0.2, 0) is 9.84 Å². The predicted octanol–water partition coefficient (Wildman–Crippen LogP) is 2.90. The molecule has 0 aliphatic heterocycles. The summed E-state index contributed by atoms with van der Waals surface area (Å²) in [5, 5.41) is 3.80. The first kappa shape index (κ1) is 15.9. The number of aryl methyl sites for hydroxylation is 1. The van der Waals surface area contributed by atoms with Gasteiger partial charge in [-0.2, -0.15) is 0 Å². The van der Waals surface area contributed by atoms with Gasteiger partial charge >= 0.3 is 0 Å². The number of sulfone groups is 1. The highest BCUT2D eigenvalue weighted by Gasteiger charge is 2.18. The lowest BCUT2D eigenvalue weighted by Gasteiger charge is -2.06. The first-order chi connectivity index (χ1) is 9.68. The largest absolute Gasteiger partial charge is 0.298 e. The lowest BCUT2D eigenvalue weighted by atomic mass is 10.1. The maximum Gasteiger partial charge on any atom is 0.260 e. The van der Waals surface area contributed by atoms with Crippen LogP contribution in [0.1, 0.15) is 15.9 Å². The molecular weight excluding hydrogens is 339 g/mol. The third-order valence-electron chi connectivity index (χ3n) is 2.55. The van der Waals surface area contributed by atoms with E-state index in [1.54, 1.807) is 0 Å². The van der Waals surface area contributed by atoms with Crippen molar-refractivity contribution in [1.82, 2.24) is 4.98 Å². The summed E-state index contributed by atoms with van der Waals surface area (Å²) in [7, 11) is -3.45. The molecule has 1 aromatic carbocycles. The Morgan fingerprint density at radius 1 is 1.43 bits per heavy atom. The SMILES string of the molecule is Cc1cc(Cl)cc(C(=O)Nc2nc(S(C)(=O)=O)cs2)c1F. The van der Waals surface area contributed by atoms with Crippen LogP contribution in [0.15, 0.2) is 22.5 Å². The van der Waals surface area contributed by atoms with Crippen molar-refractivity contribution < 1.29 is 17.6 Å². The monoisotopic (exact) mass is 348 g/mol. The fourth-order valence-corrected chi connectivity index (χ4v) is 3.54. The second-order valence-electron chi connectivity index (χ2n) is 4.30. The summed E-state index contributed by atoms with van der Waals surface area (Å²) in [6, 6.07) is 2.60. The summed E-state index contributed by atoms with van der Waals surface area (Å²) in [5.41, 5.74) is 0.0136. The lowest BCUT2D eigenvalue weighted by Crippen LogP contribution is -2.14. The third kappa shape index (κ3) is 3.58. The van der Waals surface area contributed by atoms with Crippen molar-refractivity contribution in [2.75, 3.05) is 11.6 Å². The van der Waals surface area contributed by atoms with Gasteiger partial charge in [0.15, 0.2) is 20.0 Å². The molecule has 112 valence electrons. The molecule has 0 atom stereocenters. The minimum Gasteiger partial charge on any atom is -0.298 e. The number of anilines is 1. The summed E-state index contributed by atoms with van der Waals surface area (Å²) in [5.74, 6) is -1.43. The predicted molar refractivity (Wildman–Crippen MR) is 79.3 cm³/mol. The van der Waals surface area contributed by atoms with Gasteiger partial charge in [0.1, 0.15) is 5.82 Å². The van der Waals surface area contributed by atoms with E-state index in [1.165, 1.54) is 24.4 Å². The number of carbonyl (C=O) groups excluding carboxylic acids is 1. The van der Waals surface area contributed by atoms with E-state index in [2.05, 4.69) is 10.3 Å². The minimum absolute atomic E-state index is 0.0671. The number of nitrogens with one attached hydrogen (secondary N) is 1. The number of hydrogen-bond acceptors (Lipinski definition) is 5. The van der Waals surface area contributed by atoms with Gasteiger partial charge in [-0.1, -0.05) is 11.6 Å². The molecule has 1 aromatic heterocycles. The Morgan fingerprint density at radius 2 is 2.10 bits per heavy atom. The first-order valence-corrected chi connectivity index (χ1v) is 8.76. The van der Waals surface area contributed by atoms with Gasteiger partial charge in [0.25, 0.3) is 5.91 Å². The van der Waals surface area contributed by atoms with E-state index in [0.29, 0.717) is 0 Å². The van der Waals surface area contributed by atoms with E-state index in [9.17, 15) is 17.6 Å². The van der Waals surface area contributed by atoms with Crippen LogP contribution in [-0.4, -0.2) is 25.6 Å². The van der Waals surface area contributed by atoms with Gasteiger partial charge in [0.2, 0.25) is 0 Å². The number of thiazole rings is 1. The van der Waals surface area contributed by atoms with Crippen molar-refractivity contribution in [3.63, 3.8) is 0 Å². The summed E-state index contributed by atoms with van der Waals surface area (Å²) >= 11 is 6.73. The lowest BCUT2D eigenvalue weighted by molar-refractivity contribution is 0.102. The number of aromatic nitrogens is 1. The second kappa shape index (κ2) is 5.70. The number of benzene rings is 1. The molecule has 1 heterocycles. The molecule has 0 aliphatic rings. The highest BCUT2D eigenvalue weighted by Crippen LogP contribution is 2.23. The normalized spacial score (nSPS) is 11.4. The topological polar surface area (TPSA) is 76.1 Å². The Kier molecular flexibility index (Phi) is 4.31.